The number of thiazole rings is 2. The third-order valence-corrected chi connectivity index (χ3v) is 7.38. The van der Waals surface area contributed by atoms with Crippen LogP contribution in [0.3, 0.4) is 0 Å². The summed E-state index contributed by atoms with van der Waals surface area (Å²) in [5.41, 5.74) is 3.06. The van der Waals surface area contributed by atoms with Crippen molar-refractivity contribution in [3.05, 3.63) is 35.4 Å². The minimum absolute atomic E-state index is 0.151. The van der Waals surface area contributed by atoms with Gasteiger partial charge < -0.3 is 0 Å². The number of halogens is 1. The molecule has 0 aliphatic heterocycles. The number of fused-ring (bicyclic) bond motifs is 2. The Morgan fingerprint density at radius 3 is 1.58 bits per heavy atom. The van der Waals surface area contributed by atoms with Gasteiger partial charge in [-0.15, -0.1) is 0 Å². The minimum Gasteiger partial charge on any atom is -0.273 e. The van der Waals surface area contributed by atoms with Crippen molar-refractivity contribution in [2.75, 3.05) is 38.2 Å². The molecule has 11 heteroatoms. The van der Waals surface area contributed by atoms with Crippen molar-refractivity contribution in [1.82, 2.24) is 20.0 Å². The van der Waals surface area contributed by atoms with E-state index in [1.165, 1.54) is 46.5 Å². The number of hydrazine groups is 2. The van der Waals surface area contributed by atoms with Crippen LogP contribution in [0.15, 0.2) is 30.3 Å². The number of carbonyl (C=O) groups excluding carboxylic acids is 2. The van der Waals surface area contributed by atoms with Crippen LogP contribution in [0.2, 0.25) is 5.02 Å². The van der Waals surface area contributed by atoms with Gasteiger partial charge in [0.1, 0.15) is 11.0 Å². The van der Waals surface area contributed by atoms with E-state index >= 15 is 0 Å². The molecule has 0 N–H and O–H groups in total. The Labute approximate surface area is 204 Å². The SMILES string of the molecule is CC(=O)N(c1nc2c(Cl)c3nc(N(C(C)=O)N(C)C)sc3c(-c3ccccc3)c2s1)N(C)C. The number of hydrogen-bond donors (Lipinski definition) is 0. The molecule has 0 aliphatic rings. The molecule has 2 amide bonds. The van der Waals surface area contributed by atoms with Crippen LogP contribution < -0.4 is 10.0 Å². The van der Waals surface area contributed by atoms with Gasteiger partial charge >= 0.3 is 0 Å². The fraction of sp³-hybridized carbons (Fsp3) is 0.273. The van der Waals surface area contributed by atoms with Gasteiger partial charge in [0.15, 0.2) is 0 Å². The zero-order chi connectivity index (χ0) is 24.0. The monoisotopic (exact) mass is 502 g/mol. The molecule has 4 rings (SSSR count). The molecule has 0 spiro atoms. The van der Waals surface area contributed by atoms with E-state index in [9.17, 15) is 9.59 Å². The van der Waals surface area contributed by atoms with Crippen molar-refractivity contribution in [3.8, 4) is 11.1 Å². The summed E-state index contributed by atoms with van der Waals surface area (Å²) < 4.78 is 1.72. The molecule has 0 saturated carbocycles. The van der Waals surface area contributed by atoms with Crippen LogP contribution in [-0.2, 0) is 9.59 Å². The first-order valence-corrected chi connectivity index (χ1v) is 12.1. The normalized spacial score (nSPS) is 11.7. The van der Waals surface area contributed by atoms with Crippen LogP contribution in [0.4, 0.5) is 10.3 Å². The third kappa shape index (κ3) is 4.09. The van der Waals surface area contributed by atoms with Crippen LogP contribution in [0.5, 0.6) is 0 Å². The highest BCUT2D eigenvalue weighted by Crippen LogP contribution is 2.48. The van der Waals surface area contributed by atoms with Crippen LogP contribution in [-0.4, -0.2) is 60.0 Å². The lowest BCUT2D eigenvalue weighted by Crippen LogP contribution is -2.40. The second kappa shape index (κ2) is 8.96. The van der Waals surface area contributed by atoms with E-state index in [0.717, 1.165) is 20.5 Å². The van der Waals surface area contributed by atoms with Gasteiger partial charge in [0.2, 0.25) is 22.1 Å². The molecule has 172 valence electrons. The maximum Gasteiger partial charge on any atom is 0.240 e. The lowest BCUT2D eigenvalue weighted by Gasteiger charge is -2.24. The standard InChI is InChI=1S/C22H23ClN6O2S2/c1-12(30)28(26(3)4)21-24-17-16(23)18-20(33-22(25-18)29(13(2)31)27(5)6)15(19(17)32-21)14-10-8-7-9-11-14/h7-11H,1-6H3. The molecule has 2 aromatic heterocycles. The van der Waals surface area contributed by atoms with Gasteiger partial charge in [-0.1, -0.05) is 64.6 Å². The van der Waals surface area contributed by atoms with Crippen LogP contribution >= 0.6 is 34.3 Å². The number of aromatic nitrogens is 2. The summed E-state index contributed by atoms with van der Waals surface area (Å²) in [5.74, 6) is -0.302. The van der Waals surface area contributed by atoms with E-state index < -0.39 is 0 Å². The van der Waals surface area contributed by atoms with Gasteiger partial charge in [-0.2, -0.15) is 0 Å². The minimum atomic E-state index is -0.151. The van der Waals surface area contributed by atoms with E-state index in [0.29, 0.717) is 26.3 Å². The Kier molecular flexibility index (Phi) is 6.39. The summed E-state index contributed by atoms with van der Waals surface area (Å²) in [6.07, 6.45) is 0. The number of carbonyl (C=O) groups is 2. The largest absolute Gasteiger partial charge is 0.273 e. The highest BCUT2D eigenvalue weighted by molar-refractivity contribution is 7.25. The van der Waals surface area contributed by atoms with Gasteiger partial charge in [0, 0.05) is 47.6 Å². The lowest BCUT2D eigenvalue weighted by molar-refractivity contribution is -0.119. The van der Waals surface area contributed by atoms with E-state index in [1.54, 1.807) is 38.2 Å². The Bertz CT molecular complexity index is 1280. The van der Waals surface area contributed by atoms with Gasteiger partial charge in [-0.05, 0) is 5.56 Å². The number of benzene rings is 2. The van der Waals surface area contributed by atoms with Crippen molar-refractivity contribution in [2.45, 2.75) is 13.8 Å². The van der Waals surface area contributed by atoms with E-state index in [2.05, 4.69) is 0 Å². The van der Waals surface area contributed by atoms with E-state index in [-0.39, 0.29) is 11.8 Å². The van der Waals surface area contributed by atoms with Crippen molar-refractivity contribution in [2.24, 2.45) is 0 Å². The molecule has 0 unspecified atom stereocenters. The molecule has 2 aromatic carbocycles. The Balaban J connectivity index is 2.09. The molecule has 8 nitrogen and oxygen atoms in total. The molecule has 0 fully saturated rings. The summed E-state index contributed by atoms with van der Waals surface area (Å²) in [4.78, 5) is 34.1. The van der Waals surface area contributed by atoms with Crippen molar-refractivity contribution in [3.63, 3.8) is 0 Å². The number of anilines is 2. The molecule has 4 aromatic rings. The summed E-state index contributed by atoms with van der Waals surface area (Å²) >= 11 is 9.64. The molecule has 0 aliphatic carbocycles. The van der Waals surface area contributed by atoms with Crippen LogP contribution in [0.1, 0.15) is 13.8 Å². The molecular weight excluding hydrogens is 480 g/mol. The highest BCUT2D eigenvalue weighted by atomic mass is 35.5. The molecular formula is C22H23ClN6O2S2. The van der Waals surface area contributed by atoms with Gasteiger partial charge in [-0.3, -0.25) is 9.59 Å². The predicted octanol–water partition coefficient (Wildman–Crippen LogP) is 4.89. The first-order valence-electron chi connectivity index (χ1n) is 10.1. The average Bonchev–Trinajstić information content (AvgIpc) is 3.33. The Morgan fingerprint density at radius 1 is 0.788 bits per heavy atom. The number of amides is 2. The van der Waals surface area contributed by atoms with Crippen molar-refractivity contribution in [1.29, 1.82) is 0 Å². The smallest absolute Gasteiger partial charge is 0.240 e. The van der Waals surface area contributed by atoms with Gasteiger partial charge in [-0.25, -0.2) is 30.0 Å². The topological polar surface area (TPSA) is 72.9 Å². The molecule has 2 heterocycles. The van der Waals surface area contributed by atoms with Gasteiger partial charge in [0.25, 0.3) is 0 Å². The number of hydrogen-bond acceptors (Lipinski definition) is 8. The summed E-state index contributed by atoms with van der Waals surface area (Å²) in [7, 11) is 7.16. The second-order valence-corrected chi connectivity index (χ2v) is 10.1. The lowest BCUT2D eigenvalue weighted by atomic mass is 10.0. The third-order valence-electron chi connectivity index (χ3n) is 4.92. The van der Waals surface area contributed by atoms with Crippen LogP contribution in [0, 0.1) is 0 Å². The fourth-order valence-corrected chi connectivity index (χ4v) is 6.67. The van der Waals surface area contributed by atoms with Crippen LogP contribution in [0.25, 0.3) is 31.6 Å². The number of rotatable bonds is 5. The zero-order valence-electron chi connectivity index (χ0n) is 19.1. The molecule has 33 heavy (non-hydrogen) atoms. The summed E-state index contributed by atoms with van der Waals surface area (Å²) in [6, 6.07) is 9.93. The molecule has 0 atom stereocenters. The van der Waals surface area contributed by atoms with Crippen molar-refractivity contribution < 1.29 is 9.59 Å². The Hall–Kier alpha value is -2.63. The first-order chi connectivity index (χ1) is 15.6. The number of nitrogens with zero attached hydrogens (tertiary/aromatic N) is 6. The second-order valence-electron chi connectivity index (χ2n) is 7.76. The maximum atomic E-state index is 12.3. The fourth-order valence-electron chi connectivity index (χ4n) is 3.69. The summed E-state index contributed by atoms with van der Waals surface area (Å²) in [5, 5.41) is 7.84. The Morgan fingerprint density at radius 2 is 1.21 bits per heavy atom. The zero-order valence-corrected chi connectivity index (χ0v) is 21.5. The quantitative estimate of drug-likeness (QED) is 0.362. The predicted molar refractivity (Wildman–Crippen MR) is 137 cm³/mol. The maximum absolute atomic E-state index is 12.3. The molecule has 0 bridgehead atoms. The van der Waals surface area contributed by atoms with Gasteiger partial charge in [0.05, 0.1) is 14.4 Å². The van der Waals surface area contributed by atoms with E-state index in [4.69, 9.17) is 21.6 Å². The molecule has 0 saturated heterocycles. The highest BCUT2D eigenvalue weighted by Gasteiger charge is 2.27. The summed E-state index contributed by atoms with van der Waals surface area (Å²) in [6.45, 7) is 2.99. The van der Waals surface area contributed by atoms with Crippen molar-refractivity contribution >= 4 is 76.8 Å². The van der Waals surface area contributed by atoms with E-state index in [1.807, 2.05) is 30.3 Å². The molecule has 0 radical (unpaired) electrons. The first kappa shape index (κ1) is 23.5. The average molecular weight is 503 g/mol.